The van der Waals surface area contributed by atoms with Crippen molar-refractivity contribution in [3.05, 3.63) is 41.9 Å². The molecule has 0 aliphatic heterocycles. The van der Waals surface area contributed by atoms with E-state index in [0.29, 0.717) is 18.2 Å². The molecule has 0 spiro atoms. The number of hydrogen-bond acceptors (Lipinski definition) is 7. The van der Waals surface area contributed by atoms with Gasteiger partial charge in [0.15, 0.2) is 11.6 Å². The molecule has 3 N–H and O–H groups in total. The Balaban J connectivity index is 1.41. The van der Waals surface area contributed by atoms with Gasteiger partial charge in [-0.3, -0.25) is 10.1 Å². The number of carbonyl (C=O) groups excluding carboxylic acids is 1. The molecule has 170 valence electrons. The van der Waals surface area contributed by atoms with Crippen molar-refractivity contribution in [2.45, 2.75) is 64.2 Å². The Labute approximate surface area is 187 Å². The molecule has 0 aromatic carbocycles. The minimum Gasteiger partial charge on any atom is -0.446 e. The summed E-state index contributed by atoms with van der Waals surface area (Å²) in [6, 6.07) is 5.99. The van der Waals surface area contributed by atoms with Crippen LogP contribution in [-0.4, -0.2) is 45.5 Å². The molecule has 0 saturated heterocycles. The number of methoxy groups -OCH3 is 1. The number of nitrogens with one attached hydrogen (secondary N) is 3. The van der Waals surface area contributed by atoms with E-state index in [1.165, 1.54) is 0 Å². The van der Waals surface area contributed by atoms with Crippen LogP contribution in [0.2, 0.25) is 0 Å². The van der Waals surface area contributed by atoms with E-state index >= 15 is 0 Å². The third-order valence-corrected chi connectivity index (χ3v) is 5.97. The minimum absolute atomic E-state index is 0.0769. The molecule has 1 amide bonds. The zero-order valence-corrected chi connectivity index (χ0v) is 18.7. The number of anilines is 2. The third-order valence-electron chi connectivity index (χ3n) is 5.97. The summed E-state index contributed by atoms with van der Waals surface area (Å²) < 4.78 is 10.9. The van der Waals surface area contributed by atoms with Gasteiger partial charge < -0.3 is 20.1 Å². The highest BCUT2D eigenvalue weighted by atomic mass is 16.6. The average Bonchev–Trinajstić information content (AvgIpc) is 3.44. The summed E-state index contributed by atoms with van der Waals surface area (Å²) in [7, 11) is 1.68. The number of amides is 1. The Morgan fingerprint density at radius 2 is 2.12 bits per heavy atom. The monoisotopic (exact) mass is 438 g/mol. The fourth-order valence-electron chi connectivity index (χ4n) is 4.06. The number of rotatable bonds is 8. The van der Waals surface area contributed by atoms with Crippen molar-refractivity contribution in [2.75, 3.05) is 12.4 Å². The summed E-state index contributed by atoms with van der Waals surface area (Å²) in [6.07, 6.45) is 6.55. The number of nitrogens with zero attached hydrogens (tertiary/aromatic N) is 3. The Hall–Kier alpha value is -3.20. The molecule has 9 nitrogen and oxygen atoms in total. The normalized spacial score (nSPS) is 19.1. The van der Waals surface area contributed by atoms with Crippen LogP contribution >= 0.6 is 0 Å². The van der Waals surface area contributed by atoms with Crippen molar-refractivity contribution in [2.24, 2.45) is 0 Å². The first-order valence-electron chi connectivity index (χ1n) is 11.1. The van der Waals surface area contributed by atoms with Gasteiger partial charge in [-0.25, -0.2) is 9.78 Å². The van der Waals surface area contributed by atoms with Gasteiger partial charge in [0.2, 0.25) is 0 Å². The van der Waals surface area contributed by atoms with E-state index in [2.05, 4.69) is 30.8 Å². The van der Waals surface area contributed by atoms with Gasteiger partial charge in [0.25, 0.3) is 0 Å². The standard InChI is InChI=1S/C23H30N6O3/c1-4-14(2)26-23(30)32-17-6-5-15(11-17)19-12-20(29-28-19)27-22-21-18(8-10-25-22)16(13-31-3)7-9-24-21/h7-10,12,14-15,17H,4-6,11,13H2,1-3H3,(H,26,30)(H2,25,27,28,29). The van der Waals surface area contributed by atoms with Crippen molar-refractivity contribution >= 4 is 28.6 Å². The third kappa shape index (κ3) is 4.99. The molecule has 1 aliphatic rings. The Morgan fingerprint density at radius 3 is 2.94 bits per heavy atom. The fourth-order valence-corrected chi connectivity index (χ4v) is 4.06. The van der Waals surface area contributed by atoms with Crippen molar-refractivity contribution in [1.82, 2.24) is 25.5 Å². The number of carbonyl (C=O) groups is 1. The average molecular weight is 439 g/mol. The molecular formula is C23H30N6O3. The molecule has 0 bridgehead atoms. The molecule has 0 radical (unpaired) electrons. The van der Waals surface area contributed by atoms with E-state index in [1.54, 1.807) is 19.5 Å². The summed E-state index contributed by atoms with van der Waals surface area (Å²) in [6.45, 7) is 4.51. The lowest BCUT2D eigenvalue weighted by molar-refractivity contribution is 0.0974. The summed E-state index contributed by atoms with van der Waals surface area (Å²) >= 11 is 0. The van der Waals surface area contributed by atoms with Gasteiger partial charge in [0.05, 0.1) is 6.61 Å². The topological polar surface area (TPSA) is 114 Å². The minimum atomic E-state index is -0.334. The van der Waals surface area contributed by atoms with Gasteiger partial charge in [-0.1, -0.05) is 6.92 Å². The van der Waals surface area contributed by atoms with Crippen LogP contribution in [0.5, 0.6) is 0 Å². The lowest BCUT2D eigenvalue weighted by Crippen LogP contribution is -2.34. The van der Waals surface area contributed by atoms with Gasteiger partial charge in [0.1, 0.15) is 11.6 Å². The molecular weight excluding hydrogens is 408 g/mol. The van der Waals surface area contributed by atoms with Gasteiger partial charge in [-0.05, 0) is 50.3 Å². The van der Waals surface area contributed by atoms with E-state index in [-0.39, 0.29) is 24.2 Å². The maximum Gasteiger partial charge on any atom is 0.407 e. The maximum atomic E-state index is 12.0. The number of aromatic nitrogens is 4. The van der Waals surface area contributed by atoms with E-state index in [4.69, 9.17) is 9.47 Å². The predicted molar refractivity (Wildman–Crippen MR) is 122 cm³/mol. The molecule has 3 heterocycles. The first-order valence-corrected chi connectivity index (χ1v) is 11.1. The first-order chi connectivity index (χ1) is 15.6. The van der Waals surface area contributed by atoms with Crippen LogP contribution in [0.15, 0.2) is 30.6 Å². The van der Waals surface area contributed by atoms with Crippen LogP contribution in [0.4, 0.5) is 16.4 Å². The SMILES string of the molecule is CCC(C)NC(=O)OC1CCC(c2cc(Nc3nccc4c(COC)ccnc34)n[nH]2)C1. The number of pyridine rings is 2. The fraction of sp³-hybridized carbons (Fsp3) is 0.478. The van der Waals surface area contributed by atoms with Crippen LogP contribution in [0.1, 0.15) is 56.7 Å². The van der Waals surface area contributed by atoms with Gasteiger partial charge in [-0.15, -0.1) is 0 Å². The summed E-state index contributed by atoms with van der Waals surface area (Å²) in [5.41, 5.74) is 2.85. The van der Waals surface area contributed by atoms with Crippen LogP contribution in [-0.2, 0) is 16.1 Å². The number of aromatic amines is 1. The molecule has 4 rings (SSSR count). The Bertz CT molecular complexity index is 1070. The number of fused-ring (bicyclic) bond motifs is 1. The summed E-state index contributed by atoms with van der Waals surface area (Å²) in [5, 5.41) is 14.7. The second-order valence-electron chi connectivity index (χ2n) is 8.28. The number of H-pyrrole nitrogens is 1. The molecule has 32 heavy (non-hydrogen) atoms. The predicted octanol–water partition coefficient (Wildman–Crippen LogP) is 4.40. The van der Waals surface area contributed by atoms with Crippen molar-refractivity contribution in [1.29, 1.82) is 0 Å². The first kappa shape index (κ1) is 22.0. The van der Waals surface area contributed by atoms with Crippen LogP contribution in [0.3, 0.4) is 0 Å². The zero-order valence-electron chi connectivity index (χ0n) is 18.7. The summed E-state index contributed by atoms with van der Waals surface area (Å²) in [5.74, 6) is 1.59. The van der Waals surface area contributed by atoms with Crippen LogP contribution in [0.25, 0.3) is 10.9 Å². The van der Waals surface area contributed by atoms with E-state index < -0.39 is 0 Å². The van der Waals surface area contributed by atoms with E-state index in [0.717, 1.165) is 47.8 Å². The number of hydrogen-bond donors (Lipinski definition) is 3. The van der Waals surface area contributed by atoms with E-state index in [9.17, 15) is 4.79 Å². The highest BCUT2D eigenvalue weighted by molar-refractivity contribution is 5.91. The number of ether oxygens (including phenoxy) is 2. The van der Waals surface area contributed by atoms with E-state index in [1.807, 2.05) is 32.0 Å². The molecule has 3 aromatic rings. The molecule has 1 fully saturated rings. The van der Waals surface area contributed by atoms with Crippen molar-refractivity contribution in [3.8, 4) is 0 Å². The Kier molecular flexibility index (Phi) is 6.84. The largest absolute Gasteiger partial charge is 0.446 e. The molecule has 1 aliphatic carbocycles. The Morgan fingerprint density at radius 1 is 1.28 bits per heavy atom. The maximum absolute atomic E-state index is 12.0. The molecule has 3 atom stereocenters. The molecule has 1 saturated carbocycles. The summed E-state index contributed by atoms with van der Waals surface area (Å²) in [4.78, 5) is 21.0. The van der Waals surface area contributed by atoms with Crippen LogP contribution in [0, 0.1) is 0 Å². The van der Waals surface area contributed by atoms with Crippen molar-refractivity contribution in [3.63, 3.8) is 0 Å². The second kappa shape index (κ2) is 9.95. The second-order valence-corrected chi connectivity index (χ2v) is 8.28. The molecule has 3 aromatic heterocycles. The lowest BCUT2D eigenvalue weighted by atomic mass is 10.0. The van der Waals surface area contributed by atoms with Gasteiger partial charge in [0, 0.05) is 48.6 Å². The van der Waals surface area contributed by atoms with Gasteiger partial charge in [-0.2, -0.15) is 5.10 Å². The van der Waals surface area contributed by atoms with Crippen LogP contribution < -0.4 is 10.6 Å². The quantitative estimate of drug-likeness (QED) is 0.477. The van der Waals surface area contributed by atoms with Gasteiger partial charge >= 0.3 is 6.09 Å². The zero-order chi connectivity index (χ0) is 22.5. The smallest absolute Gasteiger partial charge is 0.407 e. The highest BCUT2D eigenvalue weighted by Crippen LogP contribution is 2.36. The highest BCUT2D eigenvalue weighted by Gasteiger charge is 2.30. The molecule has 9 heteroatoms. The molecule has 3 unspecified atom stereocenters. The lowest BCUT2D eigenvalue weighted by Gasteiger charge is -2.16. The van der Waals surface area contributed by atoms with Crippen molar-refractivity contribution < 1.29 is 14.3 Å². The number of alkyl carbamates (subject to hydrolysis) is 1.